The molecule has 0 saturated heterocycles. The molecule has 0 amide bonds. The molecule has 2 rings (SSSR count). The molecule has 1 aliphatic carbocycles. The minimum Gasteiger partial charge on any atom is -0.445 e. The summed E-state index contributed by atoms with van der Waals surface area (Å²) in [6.45, 7) is -4.83. The minimum absolute atomic E-state index is 0. The van der Waals surface area contributed by atoms with Crippen LogP contribution < -0.4 is 56.8 Å². The van der Waals surface area contributed by atoms with Gasteiger partial charge in [0.05, 0.1) is 0 Å². The molecule has 0 aromatic heterocycles. The van der Waals surface area contributed by atoms with E-state index in [4.69, 9.17) is 0 Å². The Labute approximate surface area is 130 Å². The van der Waals surface area contributed by atoms with Crippen LogP contribution in [0.1, 0.15) is 18.4 Å². The Morgan fingerprint density at radius 1 is 1.07 bits per heavy atom. The largest absolute Gasteiger partial charge is 1.00 e. The number of hydrogen-bond donors (Lipinski definition) is 0. The van der Waals surface area contributed by atoms with E-state index in [1.165, 1.54) is 25.0 Å². The molecule has 0 spiro atoms. The molecule has 0 unspecified atom stereocenters. The van der Waals surface area contributed by atoms with Crippen LogP contribution in [0, 0.1) is 5.92 Å². The molecular formula is C10H11BF3K. The van der Waals surface area contributed by atoms with Gasteiger partial charge in [0.1, 0.15) is 0 Å². The summed E-state index contributed by atoms with van der Waals surface area (Å²) in [7, 11) is 0. The molecule has 0 aliphatic heterocycles. The van der Waals surface area contributed by atoms with E-state index in [1.807, 2.05) is 0 Å². The van der Waals surface area contributed by atoms with E-state index in [0.717, 1.165) is 17.9 Å². The number of halogens is 3. The molecule has 76 valence electrons. The van der Waals surface area contributed by atoms with Gasteiger partial charge < -0.3 is 12.9 Å². The number of benzene rings is 1. The normalized spacial score (nSPS) is 15.9. The van der Waals surface area contributed by atoms with Crippen molar-refractivity contribution in [1.82, 2.24) is 0 Å². The first-order valence-corrected chi connectivity index (χ1v) is 4.84. The van der Waals surface area contributed by atoms with Crippen molar-refractivity contribution in [3.63, 3.8) is 0 Å². The molecule has 0 heterocycles. The molecular weight excluding hydrogens is 227 g/mol. The molecule has 0 bridgehead atoms. The van der Waals surface area contributed by atoms with Crippen molar-refractivity contribution in [2.45, 2.75) is 19.3 Å². The summed E-state index contributed by atoms with van der Waals surface area (Å²) >= 11 is 0. The van der Waals surface area contributed by atoms with Gasteiger partial charge >= 0.3 is 58.4 Å². The maximum atomic E-state index is 12.3. The molecule has 0 atom stereocenters. The Balaban J connectivity index is 0.00000112. The van der Waals surface area contributed by atoms with Gasteiger partial charge in [-0.05, 0) is 30.7 Å². The second-order valence-corrected chi connectivity index (χ2v) is 3.96. The van der Waals surface area contributed by atoms with Crippen molar-refractivity contribution in [2.24, 2.45) is 5.92 Å². The summed E-state index contributed by atoms with van der Waals surface area (Å²) in [5, 5.41) is 0. The smallest absolute Gasteiger partial charge is 0.445 e. The monoisotopic (exact) mass is 238 g/mol. The zero-order valence-electron chi connectivity index (χ0n) is 8.72. The minimum atomic E-state index is -4.83. The average Bonchev–Trinajstić information content (AvgIpc) is 2.88. The van der Waals surface area contributed by atoms with Crippen molar-refractivity contribution in [1.29, 1.82) is 0 Å². The molecule has 15 heavy (non-hydrogen) atoms. The van der Waals surface area contributed by atoms with Gasteiger partial charge in [-0.2, -0.15) is 0 Å². The van der Waals surface area contributed by atoms with Crippen LogP contribution in [-0.4, -0.2) is 6.98 Å². The SMILES string of the molecule is F[B-](F)(F)c1ccc(CC2CC2)cc1.[K+]. The predicted molar refractivity (Wildman–Crippen MR) is 51.6 cm³/mol. The fourth-order valence-corrected chi connectivity index (χ4v) is 1.53. The van der Waals surface area contributed by atoms with Gasteiger partial charge in [0.15, 0.2) is 0 Å². The first kappa shape index (κ1) is 13.8. The third kappa shape index (κ3) is 4.23. The van der Waals surface area contributed by atoms with Gasteiger partial charge in [-0.3, -0.25) is 0 Å². The Bertz CT molecular complexity index is 316. The zero-order valence-corrected chi connectivity index (χ0v) is 11.8. The summed E-state index contributed by atoms with van der Waals surface area (Å²) in [6.07, 6.45) is 3.39. The Morgan fingerprint density at radius 2 is 1.60 bits per heavy atom. The van der Waals surface area contributed by atoms with Crippen LogP contribution in [0.15, 0.2) is 24.3 Å². The van der Waals surface area contributed by atoms with Gasteiger partial charge in [-0.15, -0.1) is 5.46 Å². The number of rotatable bonds is 3. The molecule has 5 heteroatoms. The van der Waals surface area contributed by atoms with Crippen molar-refractivity contribution in [3.05, 3.63) is 29.8 Å². The van der Waals surface area contributed by atoms with Gasteiger partial charge in [0, 0.05) is 0 Å². The molecule has 0 radical (unpaired) electrons. The van der Waals surface area contributed by atoms with Crippen molar-refractivity contribution in [3.8, 4) is 0 Å². The quantitative estimate of drug-likeness (QED) is 0.634. The summed E-state index contributed by atoms with van der Waals surface area (Å²) in [5.41, 5.74) is 0.529. The Morgan fingerprint density at radius 3 is 2.00 bits per heavy atom. The fraction of sp³-hybridized carbons (Fsp3) is 0.400. The number of hydrogen-bond acceptors (Lipinski definition) is 0. The molecule has 1 aromatic rings. The summed E-state index contributed by atoms with van der Waals surface area (Å²) in [5.74, 6) is 0.720. The summed E-state index contributed by atoms with van der Waals surface area (Å²) in [6, 6.07) is 5.58. The van der Waals surface area contributed by atoms with E-state index in [9.17, 15) is 12.9 Å². The Hall–Kier alpha value is 0.711. The molecule has 1 saturated carbocycles. The van der Waals surface area contributed by atoms with Crippen LogP contribution in [0.4, 0.5) is 12.9 Å². The van der Waals surface area contributed by atoms with Crippen LogP contribution in [0.3, 0.4) is 0 Å². The molecule has 1 aromatic carbocycles. The molecule has 1 aliphatic rings. The fourth-order valence-electron chi connectivity index (χ4n) is 1.53. The van der Waals surface area contributed by atoms with Crippen LogP contribution in [-0.2, 0) is 6.42 Å². The van der Waals surface area contributed by atoms with E-state index in [0.29, 0.717) is 0 Å². The average molecular weight is 238 g/mol. The molecule has 0 nitrogen and oxygen atoms in total. The zero-order chi connectivity index (χ0) is 10.2. The van der Waals surface area contributed by atoms with Crippen LogP contribution >= 0.6 is 0 Å². The van der Waals surface area contributed by atoms with Gasteiger partial charge in [-0.25, -0.2) is 0 Å². The standard InChI is InChI=1S/C10H11BF3.K/c12-11(13,14)10-5-3-9(4-6-10)7-8-1-2-8;/h3-6,8H,1-2,7H2;/q-1;+1. The maximum Gasteiger partial charge on any atom is 1.00 e. The first-order chi connectivity index (χ1) is 6.55. The molecule has 0 N–H and O–H groups in total. The van der Waals surface area contributed by atoms with Crippen LogP contribution in [0.5, 0.6) is 0 Å². The Kier molecular flexibility index (Phi) is 4.92. The van der Waals surface area contributed by atoms with Crippen molar-refractivity contribution >= 4 is 12.4 Å². The van der Waals surface area contributed by atoms with Gasteiger partial charge in [0.25, 0.3) is 0 Å². The molecule has 1 fully saturated rings. The maximum absolute atomic E-state index is 12.3. The van der Waals surface area contributed by atoms with Crippen LogP contribution in [0.25, 0.3) is 0 Å². The third-order valence-corrected chi connectivity index (χ3v) is 2.58. The van der Waals surface area contributed by atoms with E-state index >= 15 is 0 Å². The van der Waals surface area contributed by atoms with Crippen molar-refractivity contribution in [2.75, 3.05) is 0 Å². The van der Waals surface area contributed by atoms with E-state index in [-0.39, 0.29) is 51.4 Å². The van der Waals surface area contributed by atoms with Crippen molar-refractivity contribution < 1.29 is 64.3 Å². The second-order valence-electron chi connectivity index (χ2n) is 3.96. The summed E-state index contributed by atoms with van der Waals surface area (Å²) in [4.78, 5) is 0. The second kappa shape index (κ2) is 5.36. The third-order valence-electron chi connectivity index (χ3n) is 2.58. The summed E-state index contributed by atoms with van der Waals surface area (Å²) < 4.78 is 36.8. The van der Waals surface area contributed by atoms with E-state index in [1.54, 1.807) is 12.1 Å². The first-order valence-electron chi connectivity index (χ1n) is 4.84. The topological polar surface area (TPSA) is 0 Å². The van der Waals surface area contributed by atoms with Gasteiger partial charge in [0.2, 0.25) is 0 Å². The predicted octanol–water partition coefficient (Wildman–Crippen LogP) is -0.302. The van der Waals surface area contributed by atoms with Crippen LogP contribution in [0.2, 0.25) is 0 Å². The van der Waals surface area contributed by atoms with Gasteiger partial charge in [-0.1, -0.05) is 24.3 Å². The van der Waals surface area contributed by atoms with E-state index in [2.05, 4.69) is 0 Å². The van der Waals surface area contributed by atoms with E-state index < -0.39 is 12.4 Å².